The average Bonchev–Trinajstić information content (AvgIpc) is 3.27. The maximum atomic E-state index is 12.8. The maximum Gasteiger partial charge on any atom is 0.264 e. The van der Waals surface area contributed by atoms with Crippen LogP contribution in [0.15, 0.2) is 41.6 Å². The van der Waals surface area contributed by atoms with Crippen LogP contribution in [0.3, 0.4) is 0 Å². The van der Waals surface area contributed by atoms with E-state index in [0.29, 0.717) is 28.4 Å². The van der Waals surface area contributed by atoms with Gasteiger partial charge >= 0.3 is 0 Å². The Kier molecular flexibility index (Phi) is 4.46. The fourth-order valence-corrected chi connectivity index (χ4v) is 2.86. The fourth-order valence-electron chi connectivity index (χ4n) is 2.73. The third-order valence-electron chi connectivity index (χ3n) is 4.23. The number of fused-ring (bicyclic) bond motifs is 1. The molecular weight excluding hydrogens is 380 g/mol. The van der Waals surface area contributed by atoms with Crippen molar-refractivity contribution in [2.24, 2.45) is 0 Å². The average molecular weight is 399 g/mol. The lowest BCUT2D eigenvalue weighted by molar-refractivity contribution is 0.305. The molecule has 0 atom stereocenters. The van der Waals surface area contributed by atoms with Gasteiger partial charge in [-0.05, 0) is 43.7 Å². The summed E-state index contributed by atoms with van der Waals surface area (Å²) in [4.78, 5) is 18.8. The van der Waals surface area contributed by atoms with Crippen molar-refractivity contribution in [2.45, 2.75) is 39.4 Å². The van der Waals surface area contributed by atoms with Gasteiger partial charge in [-0.2, -0.15) is 9.90 Å². The summed E-state index contributed by atoms with van der Waals surface area (Å²) in [5.41, 5.74) is 1.08. The van der Waals surface area contributed by atoms with Crippen LogP contribution >= 0.6 is 11.6 Å². The van der Waals surface area contributed by atoms with Gasteiger partial charge in [0.25, 0.3) is 5.56 Å². The molecular formula is C18H19ClN8O. The van der Waals surface area contributed by atoms with Crippen LogP contribution in [-0.4, -0.2) is 39.5 Å². The van der Waals surface area contributed by atoms with Crippen molar-refractivity contribution in [1.82, 2.24) is 39.5 Å². The van der Waals surface area contributed by atoms with Crippen LogP contribution in [0, 0.1) is 0 Å². The normalized spacial score (nSPS) is 12.0. The van der Waals surface area contributed by atoms with Gasteiger partial charge in [0.05, 0.1) is 24.8 Å². The third-order valence-corrected chi connectivity index (χ3v) is 4.49. The van der Waals surface area contributed by atoms with Crippen LogP contribution in [0.5, 0.6) is 0 Å². The molecule has 0 aliphatic heterocycles. The summed E-state index contributed by atoms with van der Waals surface area (Å²) in [6.07, 6.45) is 3.03. The Morgan fingerprint density at radius 3 is 2.54 bits per heavy atom. The molecule has 0 saturated heterocycles. The van der Waals surface area contributed by atoms with Crippen LogP contribution in [0.4, 0.5) is 0 Å². The van der Waals surface area contributed by atoms with Crippen LogP contribution in [-0.2, 0) is 18.6 Å². The molecule has 3 heterocycles. The van der Waals surface area contributed by atoms with E-state index in [2.05, 4.69) is 25.5 Å². The highest BCUT2D eigenvalue weighted by molar-refractivity contribution is 6.30. The van der Waals surface area contributed by atoms with E-state index in [1.165, 1.54) is 21.9 Å². The molecule has 1 aromatic carbocycles. The molecule has 0 fully saturated rings. The lowest BCUT2D eigenvalue weighted by Crippen LogP contribution is -2.25. The predicted octanol–water partition coefficient (Wildman–Crippen LogP) is 2.08. The van der Waals surface area contributed by atoms with Crippen molar-refractivity contribution < 1.29 is 0 Å². The van der Waals surface area contributed by atoms with Gasteiger partial charge in [0.15, 0.2) is 11.5 Å². The van der Waals surface area contributed by atoms with Crippen molar-refractivity contribution in [3.8, 4) is 0 Å². The Morgan fingerprint density at radius 1 is 1.11 bits per heavy atom. The van der Waals surface area contributed by atoms with E-state index in [4.69, 9.17) is 11.6 Å². The number of hydrogen-bond donors (Lipinski definition) is 0. The van der Waals surface area contributed by atoms with E-state index in [1.54, 1.807) is 4.68 Å². The summed E-state index contributed by atoms with van der Waals surface area (Å²) in [7, 11) is 0. The molecule has 0 spiro atoms. The molecule has 0 unspecified atom stereocenters. The molecule has 0 amide bonds. The van der Waals surface area contributed by atoms with Gasteiger partial charge in [0.2, 0.25) is 0 Å². The van der Waals surface area contributed by atoms with Crippen molar-refractivity contribution in [1.29, 1.82) is 0 Å². The summed E-state index contributed by atoms with van der Waals surface area (Å²) in [5, 5.41) is 17.9. The Labute approximate surface area is 165 Å². The second-order valence-corrected chi connectivity index (χ2v) is 7.95. The number of tetrazole rings is 1. The van der Waals surface area contributed by atoms with Crippen molar-refractivity contribution in [2.75, 3.05) is 0 Å². The Hall–Kier alpha value is -3.07. The second-order valence-electron chi connectivity index (χ2n) is 7.51. The summed E-state index contributed by atoms with van der Waals surface area (Å²) in [6, 6.07) is 7.48. The Morgan fingerprint density at radius 2 is 1.86 bits per heavy atom. The minimum absolute atomic E-state index is 0.195. The fraction of sp³-hybridized carbons (Fsp3) is 0.333. The standard InChI is InChI=1S/C18H19ClN8O/c1-18(2,3)27-23-15(22-24-27)10-25-11-20-16-14(17(25)28)8-21-26(16)9-12-4-6-13(19)7-5-12/h4-8,11H,9-10H2,1-3H3. The molecule has 0 N–H and O–H groups in total. The smallest absolute Gasteiger partial charge is 0.264 e. The molecule has 0 aliphatic rings. The first-order valence-electron chi connectivity index (χ1n) is 8.76. The number of aromatic nitrogens is 8. The van der Waals surface area contributed by atoms with E-state index >= 15 is 0 Å². The van der Waals surface area contributed by atoms with E-state index < -0.39 is 0 Å². The minimum Gasteiger partial charge on any atom is -0.291 e. The molecule has 0 aliphatic carbocycles. The molecule has 144 valence electrons. The van der Waals surface area contributed by atoms with Gasteiger partial charge in [-0.25, -0.2) is 9.67 Å². The van der Waals surface area contributed by atoms with Crippen molar-refractivity contribution in [3.05, 3.63) is 63.6 Å². The predicted molar refractivity (Wildman–Crippen MR) is 104 cm³/mol. The quantitative estimate of drug-likeness (QED) is 0.522. The summed E-state index contributed by atoms with van der Waals surface area (Å²) in [5.74, 6) is 0.451. The molecule has 0 radical (unpaired) electrons. The van der Waals surface area contributed by atoms with Gasteiger partial charge in [-0.15, -0.1) is 10.2 Å². The minimum atomic E-state index is -0.277. The zero-order valence-electron chi connectivity index (χ0n) is 15.7. The number of hydrogen-bond acceptors (Lipinski definition) is 6. The van der Waals surface area contributed by atoms with Gasteiger partial charge in [0.1, 0.15) is 11.7 Å². The highest BCUT2D eigenvalue weighted by Gasteiger charge is 2.18. The molecule has 0 bridgehead atoms. The lowest BCUT2D eigenvalue weighted by atomic mass is 10.1. The molecule has 4 aromatic rings. The van der Waals surface area contributed by atoms with E-state index in [1.807, 2.05) is 45.0 Å². The van der Waals surface area contributed by atoms with Crippen LogP contribution in [0.25, 0.3) is 11.0 Å². The third kappa shape index (κ3) is 3.53. The van der Waals surface area contributed by atoms with Crippen molar-refractivity contribution >= 4 is 22.6 Å². The van der Waals surface area contributed by atoms with E-state index in [-0.39, 0.29) is 17.6 Å². The summed E-state index contributed by atoms with van der Waals surface area (Å²) in [6.45, 7) is 6.63. The SMILES string of the molecule is CC(C)(C)n1nnc(Cn2cnc3c(cnn3Cc3ccc(Cl)cc3)c2=O)n1. The monoisotopic (exact) mass is 398 g/mol. The number of benzene rings is 1. The molecule has 28 heavy (non-hydrogen) atoms. The molecule has 4 rings (SSSR count). The zero-order valence-corrected chi connectivity index (χ0v) is 16.5. The first kappa shape index (κ1) is 18.3. The van der Waals surface area contributed by atoms with Gasteiger partial charge in [0, 0.05) is 5.02 Å². The summed E-state index contributed by atoms with van der Waals surface area (Å²) >= 11 is 5.92. The first-order valence-corrected chi connectivity index (χ1v) is 9.14. The topological polar surface area (TPSA) is 96.3 Å². The van der Waals surface area contributed by atoms with Crippen LogP contribution < -0.4 is 5.56 Å². The van der Waals surface area contributed by atoms with Gasteiger partial charge in [-0.1, -0.05) is 23.7 Å². The molecule has 3 aromatic heterocycles. The van der Waals surface area contributed by atoms with Gasteiger partial charge < -0.3 is 0 Å². The zero-order chi connectivity index (χ0) is 19.9. The highest BCUT2D eigenvalue weighted by atomic mass is 35.5. The first-order chi connectivity index (χ1) is 13.3. The highest BCUT2D eigenvalue weighted by Crippen LogP contribution is 2.13. The number of halogens is 1. The van der Waals surface area contributed by atoms with Crippen molar-refractivity contribution in [3.63, 3.8) is 0 Å². The van der Waals surface area contributed by atoms with Crippen LogP contribution in [0.2, 0.25) is 5.02 Å². The maximum absolute atomic E-state index is 12.8. The molecule has 10 heteroatoms. The largest absolute Gasteiger partial charge is 0.291 e. The van der Waals surface area contributed by atoms with E-state index in [0.717, 1.165) is 5.56 Å². The van der Waals surface area contributed by atoms with E-state index in [9.17, 15) is 4.79 Å². The number of nitrogens with zero attached hydrogens (tertiary/aromatic N) is 8. The summed E-state index contributed by atoms with van der Waals surface area (Å²) < 4.78 is 3.15. The lowest BCUT2D eigenvalue weighted by Gasteiger charge is -2.15. The molecule has 9 nitrogen and oxygen atoms in total. The van der Waals surface area contributed by atoms with Crippen LogP contribution in [0.1, 0.15) is 32.2 Å². The number of rotatable bonds is 4. The second kappa shape index (κ2) is 6.83. The molecule has 0 saturated carbocycles. The Balaban J connectivity index is 1.62. The Bertz CT molecular complexity index is 1180. The van der Waals surface area contributed by atoms with Gasteiger partial charge in [-0.3, -0.25) is 9.36 Å².